The number of amides is 3. The van der Waals surface area contributed by atoms with E-state index in [1.54, 1.807) is 23.4 Å². The van der Waals surface area contributed by atoms with Gasteiger partial charge in [-0.05, 0) is 50.5 Å². The molecule has 25 heavy (non-hydrogen) atoms. The van der Waals surface area contributed by atoms with Crippen molar-refractivity contribution in [2.75, 3.05) is 16.8 Å². The first-order valence-electron chi connectivity index (χ1n) is 8.41. The summed E-state index contributed by atoms with van der Waals surface area (Å²) in [6, 6.07) is 8.58. The van der Waals surface area contributed by atoms with Gasteiger partial charge in [0.15, 0.2) is 0 Å². The van der Waals surface area contributed by atoms with E-state index >= 15 is 0 Å². The van der Waals surface area contributed by atoms with Gasteiger partial charge in [-0.1, -0.05) is 17.7 Å². The number of rotatable bonds is 3. The largest absolute Gasteiger partial charge is 0.326 e. The molecule has 0 radical (unpaired) electrons. The van der Waals surface area contributed by atoms with Crippen LogP contribution in [0.5, 0.6) is 0 Å². The molecule has 0 bridgehead atoms. The third-order valence-corrected chi connectivity index (χ3v) is 4.33. The van der Waals surface area contributed by atoms with Crippen LogP contribution in [0, 0.1) is 13.8 Å². The predicted octanol–water partition coefficient (Wildman–Crippen LogP) is 3.02. The van der Waals surface area contributed by atoms with E-state index in [0.717, 1.165) is 28.9 Å². The number of carbonyl (C=O) groups is 2. The Bertz CT molecular complexity index is 776. The number of hydrogen-bond acceptors (Lipinski definition) is 3. The highest BCUT2D eigenvalue weighted by atomic mass is 16.2. The maximum Gasteiger partial charge on any atom is 0.319 e. The minimum absolute atomic E-state index is 0.102. The first-order valence-corrected chi connectivity index (χ1v) is 8.41. The average molecular weight is 338 g/mol. The Morgan fingerprint density at radius 3 is 2.84 bits per heavy atom. The minimum atomic E-state index is -0.528. The number of benzene rings is 1. The van der Waals surface area contributed by atoms with Crippen molar-refractivity contribution in [1.82, 2.24) is 10.3 Å². The second-order valence-corrected chi connectivity index (χ2v) is 6.31. The SMILES string of the molecule is Cc1ccc(NC(=O)N[C@@H]2CCCN(c3cccnc3)C2=O)c(C)c1. The first-order chi connectivity index (χ1) is 12.0. The Labute approximate surface area is 147 Å². The molecule has 2 heterocycles. The van der Waals surface area contributed by atoms with Gasteiger partial charge >= 0.3 is 6.03 Å². The van der Waals surface area contributed by atoms with Gasteiger partial charge in [-0.3, -0.25) is 9.78 Å². The molecule has 1 atom stereocenters. The molecule has 6 nitrogen and oxygen atoms in total. The molecule has 0 saturated carbocycles. The maximum absolute atomic E-state index is 12.7. The lowest BCUT2D eigenvalue weighted by Gasteiger charge is -2.32. The number of nitrogens with one attached hydrogen (secondary N) is 2. The lowest BCUT2D eigenvalue weighted by molar-refractivity contribution is -0.121. The van der Waals surface area contributed by atoms with Gasteiger partial charge < -0.3 is 15.5 Å². The van der Waals surface area contributed by atoms with Crippen molar-refractivity contribution in [1.29, 1.82) is 0 Å². The minimum Gasteiger partial charge on any atom is -0.326 e. The van der Waals surface area contributed by atoms with E-state index in [1.807, 2.05) is 38.1 Å². The van der Waals surface area contributed by atoms with Gasteiger partial charge in [-0.2, -0.15) is 0 Å². The van der Waals surface area contributed by atoms with Crippen molar-refractivity contribution < 1.29 is 9.59 Å². The number of urea groups is 1. The molecule has 6 heteroatoms. The van der Waals surface area contributed by atoms with Crippen LogP contribution in [0.4, 0.5) is 16.2 Å². The van der Waals surface area contributed by atoms with Crippen LogP contribution in [0.2, 0.25) is 0 Å². The molecule has 2 aromatic rings. The molecule has 0 aliphatic carbocycles. The van der Waals surface area contributed by atoms with Crippen molar-refractivity contribution in [2.24, 2.45) is 0 Å². The Morgan fingerprint density at radius 2 is 2.12 bits per heavy atom. The van der Waals surface area contributed by atoms with E-state index in [1.165, 1.54) is 0 Å². The second kappa shape index (κ2) is 7.34. The number of pyridine rings is 1. The van der Waals surface area contributed by atoms with Crippen LogP contribution in [0.1, 0.15) is 24.0 Å². The van der Waals surface area contributed by atoms with Crippen LogP contribution in [-0.4, -0.2) is 29.5 Å². The molecule has 1 aliphatic rings. The number of anilines is 2. The lowest BCUT2D eigenvalue weighted by Crippen LogP contribution is -2.53. The monoisotopic (exact) mass is 338 g/mol. The highest BCUT2D eigenvalue weighted by Crippen LogP contribution is 2.20. The van der Waals surface area contributed by atoms with Crippen molar-refractivity contribution in [3.63, 3.8) is 0 Å². The molecule has 1 aliphatic heterocycles. The number of piperidine rings is 1. The fraction of sp³-hybridized carbons (Fsp3) is 0.316. The van der Waals surface area contributed by atoms with Crippen molar-refractivity contribution in [3.05, 3.63) is 53.9 Å². The van der Waals surface area contributed by atoms with Gasteiger partial charge in [0, 0.05) is 18.4 Å². The van der Waals surface area contributed by atoms with Gasteiger partial charge in [0.1, 0.15) is 6.04 Å². The summed E-state index contributed by atoms with van der Waals surface area (Å²) in [6.45, 7) is 4.59. The molecule has 1 saturated heterocycles. The Hall–Kier alpha value is -2.89. The zero-order chi connectivity index (χ0) is 17.8. The van der Waals surface area contributed by atoms with E-state index in [-0.39, 0.29) is 11.9 Å². The van der Waals surface area contributed by atoms with Gasteiger partial charge in [-0.15, -0.1) is 0 Å². The summed E-state index contributed by atoms with van der Waals surface area (Å²) in [6.07, 6.45) is 4.80. The molecule has 1 aromatic heterocycles. The number of nitrogens with zero attached hydrogens (tertiary/aromatic N) is 2. The van der Waals surface area contributed by atoms with Crippen molar-refractivity contribution in [2.45, 2.75) is 32.7 Å². The van der Waals surface area contributed by atoms with Crippen LogP contribution in [0.25, 0.3) is 0 Å². The summed E-state index contributed by atoms with van der Waals surface area (Å²) in [4.78, 5) is 30.7. The molecule has 3 rings (SSSR count). The van der Waals surface area contributed by atoms with Crippen LogP contribution < -0.4 is 15.5 Å². The standard InChI is InChI=1S/C19H22N4O2/c1-13-7-8-16(14(2)11-13)21-19(25)22-17-6-4-10-23(18(17)24)15-5-3-9-20-12-15/h3,5,7-9,11-12,17H,4,6,10H2,1-2H3,(H2,21,22,25)/t17-/m1/s1. The van der Waals surface area contributed by atoms with Gasteiger partial charge in [0.25, 0.3) is 0 Å². The summed E-state index contributed by atoms with van der Waals surface area (Å²) in [5.41, 5.74) is 3.63. The van der Waals surface area contributed by atoms with E-state index in [2.05, 4.69) is 15.6 Å². The fourth-order valence-electron chi connectivity index (χ4n) is 3.05. The molecular formula is C19H22N4O2. The van der Waals surface area contributed by atoms with Crippen molar-refractivity contribution in [3.8, 4) is 0 Å². The first kappa shape index (κ1) is 17.0. The van der Waals surface area contributed by atoms with E-state index in [4.69, 9.17) is 0 Å². The summed E-state index contributed by atoms with van der Waals surface area (Å²) < 4.78 is 0. The van der Waals surface area contributed by atoms with Crippen LogP contribution in [0.3, 0.4) is 0 Å². The molecule has 1 fully saturated rings. The van der Waals surface area contributed by atoms with Crippen LogP contribution in [-0.2, 0) is 4.79 Å². The highest BCUT2D eigenvalue weighted by molar-refractivity contribution is 6.01. The Balaban J connectivity index is 1.65. The molecule has 130 valence electrons. The highest BCUT2D eigenvalue weighted by Gasteiger charge is 2.30. The quantitative estimate of drug-likeness (QED) is 0.903. The fourth-order valence-corrected chi connectivity index (χ4v) is 3.05. The Kier molecular flexibility index (Phi) is 4.97. The molecule has 3 amide bonds. The van der Waals surface area contributed by atoms with Gasteiger partial charge in [0.05, 0.1) is 11.9 Å². The summed E-state index contributed by atoms with van der Waals surface area (Å²) in [5, 5.41) is 5.62. The number of aryl methyl sites for hydroxylation is 2. The number of aromatic nitrogens is 1. The van der Waals surface area contributed by atoms with Gasteiger partial charge in [0.2, 0.25) is 5.91 Å². The van der Waals surface area contributed by atoms with Gasteiger partial charge in [-0.25, -0.2) is 4.79 Å². The predicted molar refractivity (Wildman–Crippen MR) is 97.7 cm³/mol. The topological polar surface area (TPSA) is 74.3 Å². The summed E-state index contributed by atoms with van der Waals surface area (Å²) in [7, 11) is 0. The molecule has 2 N–H and O–H groups in total. The lowest BCUT2D eigenvalue weighted by atomic mass is 10.0. The molecule has 0 spiro atoms. The van der Waals surface area contributed by atoms with Crippen molar-refractivity contribution >= 4 is 23.3 Å². The average Bonchev–Trinajstić information content (AvgIpc) is 2.60. The smallest absolute Gasteiger partial charge is 0.319 e. The summed E-state index contributed by atoms with van der Waals surface area (Å²) >= 11 is 0. The molecular weight excluding hydrogens is 316 g/mol. The zero-order valence-electron chi connectivity index (χ0n) is 14.5. The van der Waals surface area contributed by atoms with Crippen LogP contribution >= 0.6 is 0 Å². The third kappa shape index (κ3) is 3.96. The van der Waals surface area contributed by atoms with Crippen LogP contribution in [0.15, 0.2) is 42.7 Å². The summed E-state index contributed by atoms with van der Waals surface area (Å²) in [5.74, 6) is -0.102. The van der Waals surface area contributed by atoms with E-state index in [0.29, 0.717) is 13.0 Å². The normalized spacial score (nSPS) is 17.3. The Morgan fingerprint density at radius 1 is 1.28 bits per heavy atom. The van der Waals surface area contributed by atoms with E-state index in [9.17, 15) is 9.59 Å². The molecule has 0 unspecified atom stereocenters. The van der Waals surface area contributed by atoms with E-state index < -0.39 is 6.04 Å². The number of hydrogen-bond donors (Lipinski definition) is 2. The second-order valence-electron chi connectivity index (χ2n) is 6.31. The number of carbonyl (C=O) groups excluding carboxylic acids is 2. The third-order valence-electron chi connectivity index (χ3n) is 4.33. The molecule has 1 aromatic carbocycles. The maximum atomic E-state index is 12.7. The zero-order valence-corrected chi connectivity index (χ0v) is 14.5.